The lowest BCUT2D eigenvalue weighted by atomic mass is 9.88. The number of amides is 1. The van der Waals surface area contributed by atoms with Gasteiger partial charge in [-0.3, -0.25) is 4.79 Å². The molecule has 6 nitrogen and oxygen atoms in total. The second kappa shape index (κ2) is 8.33. The summed E-state index contributed by atoms with van der Waals surface area (Å²) in [6, 6.07) is 6.09. The first-order valence-electron chi connectivity index (χ1n) is 10.1. The van der Waals surface area contributed by atoms with Gasteiger partial charge >= 0.3 is 0 Å². The number of aryl methyl sites for hydroxylation is 1. The Hall–Kier alpha value is -2.02. The summed E-state index contributed by atoms with van der Waals surface area (Å²) >= 11 is 1.55. The summed E-state index contributed by atoms with van der Waals surface area (Å²) < 4.78 is 0. The second-order valence-corrected chi connectivity index (χ2v) is 8.51. The van der Waals surface area contributed by atoms with Crippen LogP contribution in [-0.2, 0) is 11.2 Å². The van der Waals surface area contributed by atoms with Crippen LogP contribution in [0.5, 0.6) is 0 Å². The summed E-state index contributed by atoms with van der Waals surface area (Å²) in [6.45, 7) is 2.93. The van der Waals surface area contributed by atoms with Crippen molar-refractivity contribution >= 4 is 28.2 Å². The smallest absolute Gasteiger partial charge is 0.226 e. The number of carbonyl (C=O) groups is 1. The highest BCUT2D eigenvalue weighted by Gasteiger charge is 2.35. The molecule has 7 heteroatoms. The van der Waals surface area contributed by atoms with Crippen LogP contribution in [0.3, 0.4) is 0 Å². The first-order chi connectivity index (χ1) is 13.2. The number of pyridine rings is 1. The third-order valence-corrected chi connectivity index (χ3v) is 6.59. The molecule has 0 spiro atoms. The lowest BCUT2D eigenvalue weighted by molar-refractivity contribution is -0.137. The molecule has 1 N–H and O–H groups in total. The van der Waals surface area contributed by atoms with Gasteiger partial charge in [-0.15, -0.1) is 10.2 Å². The van der Waals surface area contributed by atoms with E-state index in [1.165, 1.54) is 19.3 Å². The molecule has 0 unspecified atom stereocenters. The predicted octanol–water partition coefficient (Wildman–Crippen LogP) is 4.48. The zero-order valence-electron chi connectivity index (χ0n) is 15.9. The van der Waals surface area contributed by atoms with Crippen molar-refractivity contribution in [3.8, 4) is 0 Å². The fraction of sp³-hybridized carbons (Fsp3) is 0.600. The van der Waals surface area contributed by atoms with Crippen molar-refractivity contribution in [1.82, 2.24) is 20.1 Å². The average Bonchev–Trinajstić information content (AvgIpc) is 3.38. The van der Waals surface area contributed by atoms with Crippen LogP contribution >= 0.6 is 11.3 Å². The molecule has 1 aliphatic heterocycles. The van der Waals surface area contributed by atoms with E-state index in [0.29, 0.717) is 5.91 Å². The Morgan fingerprint density at radius 3 is 2.81 bits per heavy atom. The highest BCUT2D eigenvalue weighted by Crippen LogP contribution is 2.35. The fourth-order valence-electron chi connectivity index (χ4n) is 4.19. The summed E-state index contributed by atoms with van der Waals surface area (Å²) in [7, 11) is 0. The minimum Gasteiger partial charge on any atom is -0.334 e. The molecule has 0 radical (unpaired) electrons. The molecule has 144 valence electrons. The number of hydrogen-bond donors (Lipinski definition) is 1. The lowest BCUT2D eigenvalue weighted by Crippen LogP contribution is -2.36. The summed E-state index contributed by atoms with van der Waals surface area (Å²) in [5.41, 5.74) is 0.974. The molecule has 1 amide bonds. The molecule has 0 aromatic carbocycles. The van der Waals surface area contributed by atoms with E-state index in [2.05, 4.69) is 27.3 Å². The van der Waals surface area contributed by atoms with Crippen molar-refractivity contribution in [2.24, 2.45) is 5.92 Å². The zero-order valence-corrected chi connectivity index (χ0v) is 16.7. The molecule has 1 atom stereocenters. The fourth-order valence-corrected chi connectivity index (χ4v) is 4.87. The molecule has 1 saturated heterocycles. The average molecular weight is 386 g/mol. The van der Waals surface area contributed by atoms with E-state index in [-0.39, 0.29) is 12.0 Å². The third-order valence-electron chi connectivity index (χ3n) is 5.61. The molecule has 2 fully saturated rings. The van der Waals surface area contributed by atoms with Crippen LogP contribution in [0.4, 0.5) is 10.9 Å². The van der Waals surface area contributed by atoms with Crippen molar-refractivity contribution in [2.45, 2.75) is 64.3 Å². The number of aromatic nitrogens is 3. The number of likely N-dealkylation sites (tertiary alicyclic amines) is 1. The zero-order chi connectivity index (χ0) is 18.6. The highest BCUT2D eigenvalue weighted by atomic mass is 32.1. The van der Waals surface area contributed by atoms with Gasteiger partial charge < -0.3 is 10.2 Å². The predicted molar refractivity (Wildman–Crippen MR) is 107 cm³/mol. The van der Waals surface area contributed by atoms with Gasteiger partial charge in [0, 0.05) is 12.5 Å². The van der Waals surface area contributed by atoms with Crippen LogP contribution in [0.25, 0.3) is 0 Å². The van der Waals surface area contributed by atoms with Gasteiger partial charge in [0.1, 0.15) is 10.8 Å². The summed E-state index contributed by atoms with van der Waals surface area (Å²) in [5, 5.41) is 13.3. The minimum absolute atomic E-state index is 0.0989. The molecule has 2 aromatic heterocycles. The van der Waals surface area contributed by atoms with E-state index in [4.69, 9.17) is 4.98 Å². The molecular weight excluding hydrogens is 358 g/mol. The van der Waals surface area contributed by atoms with Gasteiger partial charge in [0.2, 0.25) is 11.0 Å². The molecule has 2 aromatic rings. The number of anilines is 2. The molecule has 3 heterocycles. The number of hydrogen-bond acceptors (Lipinski definition) is 6. The van der Waals surface area contributed by atoms with E-state index in [1.807, 2.05) is 18.2 Å². The van der Waals surface area contributed by atoms with Crippen molar-refractivity contribution in [1.29, 1.82) is 0 Å². The largest absolute Gasteiger partial charge is 0.334 e. The molecule has 0 bridgehead atoms. The lowest BCUT2D eigenvalue weighted by Gasteiger charge is -2.30. The Bertz CT molecular complexity index is 786. The Morgan fingerprint density at radius 2 is 2.04 bits per heavy atom. The van der Waals surface area contributed by atoms with Gasteiger partial charge in [0.15, 0.2) is 0 Å². The second-order valence-electron chi connectivity index (χ2n) is 7.45. The summed E-state index contributed by atoms with van der Waals surface area (Å²) in [5.74, 6) is 1.33. The SMILES string of the molecule is CCc1nnc(Nc2cccc([C@H]3CCCN3C(=O)C3CCCCC3)n2)s1. The van der Waals surface area contributed by atoms with E-state index in [1.54, 1.807) is 11.3 Å². The van der Waals surface area contributed by atoms with Gasteiger partial charge in [-0.25, -0.2) is 4.98 Å². The van der Waals surface area contributed by atoms with Crippen LogP contribution in [0.1, 0.15) is 68.6 Å². The van der Waals surface area contributed by atoms with E-state index in [9.17, 15) is 4.79 Å². The van der Waals surface area contributed by atoms with Crippen molar-refractivity contribution in [3.05, 3.63) is 28.9 Å². The molecule has 1 saturated carbocycles. The molecule has 1 aliphatic carbocycles. The van der Waals surface area contributed by atoms with Crippen molar-refractivity contribution in [3.63, 3.8) is 0 Å². The van der Waals surface area contributed by atoms with Crippen LogP contribution < -0.4 is 5.32 Å². The normalized spacial score (nSPS) is 20.8. The monoisotopic (exact) mass is 385 g/mol. The maximum absolute atomic E-state index is 13.1. The summed E-state index contributed by atoms with van der Waals surface area (Å²) in [6.07, 6.45) is 8.68. The third kappa shape index (κ3) is 4.13. The maximum Gasteiger partial charge on any atom is 0.226 e. The minimum atomic E-state index is 0.0989. The van der Waals surface area contributed by atoms with Crippen LogP contribution in [0.2, 0.25) is 0 Å². The Labute approximate surface area is 164 Å². The van der Waals surface area contributed by atoms with Gasteiger partial charge in [0.25, 0.3) is 0 Å². The number of rotatable bonds is 5. The standard InChI is InChI=1S/C20H27N5OS/c1-2-18-23-24-20(27-18)22-17-12-6-10-15(21-17)16-11-7-13-25(16)19(26)14-8-4-3-5-9-14/h6,10,12,14,16H,2-5,7-9,11,13H2,1H3,(H,21,22,24)/t16-/m1/s1. The van der Waals surface area contributed by atoms with Gasteiger partial charge in [-0.05, 0) is 44.2 Å². The molecule has 27 heavy (non-hydrogen) atoms. The summed E-state index contributed by atoms with van der Waals surface area (Å²) in [4.78, 5) is 19.9. The Kier molecular flexibility index (Phi) is 5.66. The van der Waals surface area contributed by atoms with E-state index >= 15 is 0 Å². The van der Waals surface area contributed by atoms with Gasteiger partial charge in [-0.1, -0.05) is 43.6 Å². The van der Waals surface area contributed by atoms with E-state index in [0.717, 1.165) is 60.3 Å². The molecule has 4 rings (SSSR count). The number of carbonyl (C=O) groups excluding carboxylic acids is 1. The molecule has 2 aliphatic rings. The highest BCUT2D eigenvalue weighted by molar-refractivity contribution is 7.15. The first kappa shape index (κ1) is 18.3. The number of nitrogens with one attached hydrogen (secondary N) is 1. The van der Waals surface area contributed by atoms with Crippen LogP contribution in [0.15, 0.2) is 18.2 Å². The first-order valence-corrected chi connectivity index (χ1v) is 10.9. The van der Waals surface area contributed by atoms with Gasteiger partial charge in [-0.2, -0.15) is 0 Å². The van der Waals surface area contributed by atoms with Crippen LogP contribution in [-0.4, -0.2) is 32.5 Å². The van der Waals surface area contributed by atoms with Crippen molar-refractivity contribution in [2.75, 3.05) is 11.9 Å². The van der Waals surface area contributed by atoms with E-state index < -0.39 is 0 Å². The topological polar surface area (TPSA) is 71.0 Å². The van der Waals surface area contributed by atoms with Gasteiger partial charge in [0.05, 0.1) is 11.7 Å². The van der Waals surface area contributed by atoms with Crippen molar-refractivity contribution < 1.29 is 4.79 Å². The maximum atomic E-state index is 13.1. The Balaban J connectivity index is 1.49. The Morgan fingerprint density at radius 1 is 1.19 bits per heavy atom. The van der Waals surface area contributed by atoms with Crippen LogP contribution in [0, 0.1) is 5.92 Å². The quantitative estimate of drug-likeness (QED) is 0.821. The molecular formula is C20H27N5OS. The number of nitrogens with zero attached hydrogens (tertiary/aromatic N) is 4.